The van der Waals surface area contributed by atoms with Crippen molar-refractivity contribution in [2.75, 3.05) is 5.45 Å². The second-order valence-electron chi connectivity index (χ2n) is 10.2. The van der Waals surface area contributed by atoms with Crippen LogP contribution < -0.4 is 0 Å². The Morgan fingerprint density at radius 1 is 0.974 bits per heavy atom. The van der Waals surface area contributed by atoms with Crippen LogP contribution in [-0.2, 0) is 32.3 Å². The molecule has 198 valence electrons. The molecule has 0 radical (unpaired) electrons. The van der Waals surface area contributed by atoms with Crippen LogP contribution in [0, 0.1) is 17.8 Å². The van der Waals surface area contributed by atoms with Gasteiger partial charge in [-0.05, 0) is 36.5 Å². The molecule has 2 aliphatic carbocycles. The quantitative estimate of drug-likeness (QED) is 0.236. The van der Waals surface area contributed by atoms with Gasteiger partial charge in [0.2, 0.25) is 11.8 Å². The lowest BCUT2D eigenvalue weighted by Crippen LogP contribution is -2.60. The summed E-state index contributed by atoms with van der Waals surface area (Å²) in [6.07, 6.45) is 2.05. The molecule has 8 nitrogen and oxygen atoms in total. The zero-order valence-corrected chi connectivity index (χ0v) is 23.1. The van der Waals surface area contributed by atoms with E-state index in [0.29, 0.717) is 5.57 Å². The maximum absolute atomic E-state index is 13.8. The molecule has 38 heavy (non-hydrogen) atoms. The first-order valence-electron chi connectivity index (χ1n) is 12.3. The number of furan rings is 1. The fourth-order valence-corrected chi connectivity index (χ4v) is 8.09. The van der Waals surface area contributed by atoms with Crippen LogP contribution in [0.5, 0.6) is 0 Å². The van der Waals surface area contributed by atoms with Crippen molar-refractivity contribution in [2.45, 2.75) is 41.7 Å². The highest BCUT2D eigenvalue weighted by molar-refractivity contribution is 9.09. The molecule has 1 aromatic heterocycles. The van der Waals surface area contributed by atoms with Crippen molar-refractivity contribution >= 4 is 62.8 Å². The number of rotatable bonds is 5. The van der Waals surface area contributed by atoms with Gasteiger partial charge in [0, 0.05) is 0 Å². The third kappa shape index (κ3) is 3.31. The van der Waals surface area contributed by atoms with E-state index in [1.807, 2.05) is 36.4 Å². The van der Waals surface area contributed by atoms with Gasteiger partial charge in [0.15, 0.2) is 9.75 Å². The number of amides is 4. The number of allylic oxidation sites excluding steroid dienone is 2. The number of nitrogens with zero attached hydrogens (tertiary/aromatic N) is 2. The number of hydrogen-bond donors (Lipinski definition) is 1. The highest BCUT2D eigenvalue weighted by Crippen LogP contribution is 2.65. The van der Waals surface area contributed by atoms with E-state index < -0.39 is 45.2 Å². The second-order valence-corrected chi connectivity index (χ2v) is 11.9. The number of alkyl halides is 3. The van der Waals surface area contributed by atoms with Crippen molar-refractivity contribution in [3.05, 3.63) is 71.2 Å². The van der Waals surface area contributed by atoms with Gasteiger partial charge in [-0.25, -0.2) is 0 Å². The Labute approximate surface area is 236 Å². The number of carbonyl (C=O) groups is 4. The molecule has 2 aromatic rings. The molecule has 0 spiro atoms. The minimum atomic E-state index is -1.92. The zero-order valence-electron chi connectivity index (χ0n) is 20.0. The topological polar surface area (TPSA) is 108 Å². The van der Waals surface area contributed by atoms with Crippen molar-refractivity contribution in [1.29, 1.82) is 0 Å². The van der Waals surface area contributed by atoms with Gasteiger partial charge in [-0.15, -0.1) is 23.2 Å². The number of benzene rings is 1. The summed E-state index contributed by atoms with van der Waals surface area (Å²) in [5.74, 6) is -4.34. The normalized spacial score (nSPS) is 34.4. The number of likely N-dealkylation sites (tertiary alicyclic amines) is 2. The molecule has 11 heteroatoms. The largest absolute Gasteiger partial charge is 0.463 e. The Bertz CT molecular complexity index is 1390. The Morgan fingerprint density at radius 2 is 1.71 bits per heavy atom. The number of aliphatic hydroxyl groups is 1. The first-order chi connectivity index (χ1) is 18.2. The monoisotopic (exact) mass is 620 g/mol. The fraction of sp³-hybridized carbons (Fsp3) is 0.407. The molecule has 6 atom stereocenters. The highest BCUT2D eigenvalue weighted by Gasteiger charge is 2.76. The maximum atomic E-state index is 13.8. The molecule has 3 fully saturated rings. The Balaban J connectivity index is 1.46. The van der Waals surface area contributed by atoms with E-state index >= 15 is 0 Å². The lowest BCUT2D eigenvalue weighted by molar-refractivity contribution is -0.141. The minimum absolute atomic E-state index is 0.0820. The third-order valence-electron chi connectivity index (χ3n) is 8.41. The average molecular weight is 622 g/mol. The van der Waals surface area contributed by atoms with Crippen molar-refractivity contribution in [3.63, 3.8) is 0 Å². The van der Waals surface area contributed by atoms with Gasteiger partial charge in [-0.2, -0.15) is 0 Å². The lowest BCUT2D eigenvalue weighted by Gasteiger charge is -2.49. The molecule has 3 heterocycles. The number of hydrogen-bond acceptors (Lipinski definition) is 6. The van der Waals surface area contributed by atoms with Crippen LogP contribution in [0.15, 0.2) is 58.5 Å². The molecule has 4 aliphatic rings. The molecular weight excluding hydrogens is 599 g/mol. The first-order valence-corrected chi connectivity index (χ1v) is 14.1. The van der Waals surface area contributed by atoms with Crippen LogP contribution in [-0.4, -0.2) is 53.7 Å². The first kappa shape index (κ1) is 25.8. The van der Waals surface area contributed by atoms with Gasteiger partial charge in [-0.3, -0.25) is 29.0 Å². The van der Waals surface area contributed by atoms with E-state index in [2.05, 4.69) is 15.9 Å². The Hall–Kier alpha value is -2.46. The summed E-state index contributed by atoms with van der Waals surface area (Å²) in [5.41, 5.74) is 1.38. The number of carbonyl (C=O) groups excluding carboxylic acids is 4. The average Bonchev–Trinajstić information content (AvgIpc) is 3.52. The smallest absolute Gasteiger partial charge is 0.254 e. The molecule has 1 saturated carbocycles. The Kier molecular flexibility index (Phi) is 6.14. The summed E-state index contributed by atoms with van der Waals surface area (Å²) in [4.78, 5) is 52.9. The van der Waals surface area contributed by atoms with Gasteiger partial charge in [-0.1, -0.05) is 57.9 Å². The summed E-state index contributed by atoms with van der Waals surface area (Å²) in [5, 5.41) is 9.60. The standard InChI is InChI=1S/C27H23BrCl2N2O6/c28-13-32-24(36)26(29)10-18-16(21(27(26,30)25(32)37)19-9-6-15(12-33)38-19)7-8-17-20(18)23(35)31(22(17)34)11-14-4-2-1-3-5-14/h1-7,9,17-18,20-21,33H,8,10-13H2. The van der Waals surface area contributed by atoms with Gasteiger partial charge >= 0.3 is 0 Å². The van der Waals surface area contributed by atoms with Crippen LogP contribution in [0.3, 0.4) is 0 Å². The van der Waals surface area contributed by atoms with Crippen LogP contribution in [0.1, 0.15) is 35.8 Å². The Morgan fingerprint density at radius 3 is 2.37 bits per heavy atom. The van der Waals surface area contributed by atoms with Gasteiger partial charge < -0.3 is 9.52 Å². The van der Waals surface area contributed by atoms with E-state index in [1.54, 1.807) is 12.1 Å². The summed E-state index contributed by atoms with van der Waals surface area (Å²) in [6.45, 7) is -0.224. The number of imide groups is 2. The molecule has 6 rings (SSSR count). The maximum Gasteiger partial charge on any atom is 0.254 e. The molecule has 2 saturated heterocycles. The molecular formula is C27H23BrCl2N2O6. The number of halogens is 3. The molecule has 1 aromatic carbocycles. The lowest BCUT2D eigenvalue weighted by atomic mass is 9.57. The summed E-state index contributed by atoms with van der Waals surface area (Å²) < 4.78 is 5.86. The molecule has 6 unspecified atom stereocenters. The third-order valence-corrected chi connectivity index (χ3v) is 10.3. The van der Waals surface area contributed by atoms with Crippen molar-refractivity contribution in [2.24, 2.45) is 17.8 Å². The zero-order chi connectivity index (χ0) is 27.0. The van der Waals surface area contributed by atoms with E-state index in [4.69, 9.17) is 27.6 Å². The predicted molar refractivity (Wildman–Crippen MR) is 140 cm³/mol. The molecule has 0 bridgehead atoms. The number of aliphatic hydroxyl groups excluding tert-OH is 1. The summed E-state index contributed by atoms with van der Waals surface area (Å²) in [6, 6.07) is 12.4. The number of fused-ring (bicyclic) bond motifs is 4. The van der Waals surface area contributed by atoms with E-state index in [-0.39, 0.29) is 54.8 Å². The molecule has 2 aliphatic heterocycles. The van der Waals surface area contributed by atoms with Crippen LogP contribution in [0.25, 0.3) is 0 Å². The van der Waals surface area contributed by atoms with Gasteiger partial charge in [0.25, 0.3) is 11.8 Å². The van der Waals surface area contributed by atoms with E-state index in [0.717, 1.165) is 10.5 Å². The molecule has 4 amide bonds. The van der Waals surface area contributed by atoms with Gasteiger partial charge in [0.1, 0.15) is 18.1 Å². The van der Waals surface area contributed by atoms with Crippen LogP contribution >= 0.6 is 39.1 Å². The highest BCUT2D eigenvalue weighted by atomic mass is 79.9. The van der Waals surface area contributed by atoms with Crippen LogP contribution in [0.4, 0.5) is 0 Å². The molecule has 1 N–H and O–H groups in total. The van der Waals surface area contributed by atoms with Gasteiger partial charge in [0.05, 0.1) is 29.8 Å². The van der Waals surface area contributed by atoms with E-state index in [1.165, 1.54) is 4.90 Å². The summed E-state index contributed by atoms with van der Waals surface area (Å²) in [7, 11) is 0. The van der Waals surface area contributed by atoms with Crippen LogP contribution in [0.2, 0.25) is 0 Å². The second kappa shape index (κ2) is 9.05. The van der Waals surface area contributed by atoms with E-state index in [9.17, 15) is 24.3 Å². The van der Waals surface area contributed by atoms with Crippen molar-refractivity contribution in [3.8, 4) is 0 Å². The predicted octanol–water partition coefficient (Wildman–Crippen LogP) is 3.68. The minimum Gasteiger partial charge on any atom is -0.463 e. The summed E-state index contributed by atoms with van der Waals surface area (Å²) >= 11 is 17.4. The van der Waals surface area contributed by atoms with Crippen molar-refractivity contribution in [1.82, 2.24) is 9.80 Å². The fourth-order valence-electron chi connectivity index (χ4n) is 6.69. The SMILES string of the molecule is O=C1C2CC=C3C(CC4(Cl)C(=O)N(CBr)C(=O)C4(Cl)C3c3ccc(CO)o3)C2C(=O)N1Cc1ccccc1. The van der Waals surface area contributed by atoms with Crippen molar-refractivity contribution < 1.29 is 28.7 Å².